The standard InChI is InChI=1S/C20H13Cl2NO2/c21-14-8-15(22)10-16(9-14)23-11-13-7-19(24)25-18-6-5-12-3-1-2-4-17(12)20(13)18/h1-10,23H,11H2. The van der Waals surface area contributed by atoms with Gasteiger partial charge in [-0.1, -0.05) is 53.5 Å². The quantitative estimate of drug-likeness (QED) is 0.363. The summed E-state index contributed by atoms with van der Waals surface area (Å²) in [7, 11) is 0. The summed E-state index contributed by atoms with van der Waals surface area (Å²) in [6.07, 6.45) is 0. The molecule has 3 aromatic carbocycles. The van der Waals surface area contributed by atoms with Crippen molar-refractivity contribution in [2.45, 2.75) is 6.54 Å². The second kappa shape index (κ2) is 6.43. The number of hydrogen-bond acceptors (Lipinski definition) is 3. The fraction of sp³-hybridized carbons (Fsp3) is 0.0500. The number of rotatable bonds is 3. The lowest BCUT2D eigenvalue weighted by molar-refractivity contribution is 0.559. The summed E-state index contributed by atoms with van der Waals surface area (Å²) in [5.74, 6) is 0. The monoisotopic (exact) mass is 369 g/mol. The zero-order valence-corrected chi connectivity index (χ0v) is 14.6. The van der Waals surface area contributed by atoms with Crippen LogP contribution in [0.3, 0.4) is 0 Å². The molecule has 0 aliphatic carbocycles. The molecule has 0 atom stereocenters. The van der Waals surface area contributed by atoms with E-state index in [2.05, 4.69) is 5.32 Å². The van der Waals surface area contributed by atoms with Gasteiger partial charge in [0, 0.05) is 33.7 Å². The van der Waals surface area contributed by atoms with E-state index >= 15 is 0 Å². The number of anilines is 1. The lowest BCUT2D eigenvalue weighted by Gasteiger charge is -2.11. The van der Waals surface area contributed by atoms with Crippen molar-refractivity contribution in [3.63, 3.8) is 0 Å². The molecular formula is C20H13Cl2NO2. The molecule has 4 aromatic rings. The molecule has 25 heavy (non-hydrogen) atoms. The van der Waals surface area contributed by atoms with Crippen LogP contribution >= 0.6 is 23.2 Å². The van der Waals surface area contributed by atoms with E-state index in [1.165, 1.54) is 6.07 Å². The largest absolute Gasteiger partial charge is 0.423 e. The molecule has 0 radical (unpaired) electrons. The summed E-state index contributed by atoms with van der Waals surface area (Å²) < 4.78 is 5.38. The van der Waals surface area contributed by atoms with Crippen molar-refractivity contribution >= 4 is 50.6 Å². The van der Waals surface area contributed by atoms with Gasteiger partial charge in [-0.15, -0.1) is 0 Å². The predicted molar refractivity (Wildman–Crippen MR) is 104 cm³/mol. The minimum atomic E-state index is -0.372. The van der Waals surface area contributed by atoms with Gasteiger partial charge < -0.3 is 9.73 Å². The number of halogens is 2. The van der Waals surface area contributed by atoms with E-state index in [1.807, 2.05) is 36.4 Å². The highest BCUT2D eigenvalue weighted by molar-refractivity contribution is 6.35. The van der Waals surface area contributed by atoms with Crippen LogP contribution in [-0.4, -0.2) is 0 Å². The Kier molecular flexibility index (Phi) is 4.12. The maximum absolute atomic E-state index is 11.9. The maximum Gasteiger partial charge on any atom is 0.336 e. The molecule has 0 saturated carbocycles. The van der Waals surface area contributed by atoms with Crippen molar-refractivity contribution < 1.29 is 4.42 Å². The molecule has 0 unspecified atom stereocenters. The second-order valence-corrected chi connectivity index (χ2v) is 6.64. The molecule has 1 N–H and O–H groups in total. The van der Waals surface area contributed by atoms with Crippen LogP contribution in [0.5, 0.6) is 0 Å². The van der Waals surface area contributed by atoms with Crippen molar-refractivity contribution in [3.05, 3.63) is 86.7 Å². The van der Waals surface area contributed by atoms with Crippen LogP contribution in [0.2, 0.25) is 10.0 Å². The highest BCUT2D eigenvalue weighted by atomic mass is 35.5. The smallest absolute Gasteiger partial charge is 0.336 e. The van der Waals surface area contributed by atoms with Crippen LogP contribution < -0.4 is 10.9 Å². The molecule has 1 heterocycles. The van der Waals surface area contributed by atoms with Crippen molar-refractivity contribution in [1.29, 1.82) is 0 Å². The van der Waals surface area contributed by atoms with Crippen LogP contribution in [-0.2, 0) is 6.54 Å². The molecule has 0 fully saturated rings. The van der Waals surface area contributed by atoms with Gasteiger partial charge in [0.2, 0.25) is 0 Å². The Bertz CT molecular complexity index is 1130. The van der Waals surface area contributed by atoms with Gasteiger partial charge in [0.25, 0.3) is 0 Å². The van der Waals surface area contributed by atoms with Gasteiger partial charge >= 0.3 is 5.63 Å². The van der Waals surface area contributed by atoms with E-state index < -0.39 is 0 Å². The Morgan fingerprint density at radius 2 is 1.68 bits per heavy atom. The molecule has 0 aliphatic heterocycles. The Labute approximate surface area is 153 Å². The minimum Gasteiger partial charge on any atom is -0.423 e. The van der Waals surface area contributed by atoms with Crippen LogP contribution in [0.25, 0.3) is 21.7 Å². The molecule has 4 rings (SSSR count). The number of hydrogen-bond donors (Lipinski definition) is 1. The third-order valence-corrected chi connectivity index (χ3v) is 4.50. The van der Waals surface area contributed by atoms with Gasteiger partial charge in [-0.05, 0) is 40.6 Å². The Morgan fingerprint density at radius 3 is 2.48 bits per heavy atom. The summed E-state index contributed by atoms with van der Waals surface area (Å²) in [4.78, 5) is 11.9. The zero-order valence-electron chi connectivity index (χ0n) is 13.1. The summed E-state index contributed by atoms with van der Waals surface area (Å²) in [5, 5.41) is 7.45. The fourth-order valence-corrected chi connectivity index (χ4v) is 3.54. The van der Waals surface area contributed by atoms with E-state index in [0.29, 0.717) is 22.2 Å². The first kappa shape index (κ1) is 16.0. The molecule has 0 spiro atoms. The van der Waals surface area contributed by atoms with Crippen molar-refractivity contribution in [2.75, 3.05) is 5.32 Å². The van der Waals surface area contributed by atoms with E-state index in [4.69, 9.17) is 27.6 Å². The van der Waals surface area contributed by atoms with Gasteiger partial charge in [-0.2, -0.15) is 0 Å². The zero-order chi connectivity index (χ0) is 17.4. The molecule has 0 amide bonds. The summed E-state index contributed by atoms with van der Waals surface area (Å²) in [5.41, 5.74) is 1.86. The predicted octanol–water partition coefficient (Wildman–Crippen LogP) is 5.87. The first-order chi connectivity index (χ1) is 12.1. The van der Waals surface area contributed by atoms with Crippen LogP contribution in [0.4, 0.5) is 5.69 Å². The van der Waals surface area contributed by atoms with E-state index in [-0.39, 0.29) is 5.63 Å². The Morgan fingerprint density at radius 1 is 0.920 bits per heavy atom. The molecule has 0 saturated heterocycles. The van der Waals surface area contributed by atoms with Crippen LogP contribution in [0.1, 0.15) is 5.56 Å². The molecular weight excluding hydrogens is 357 g/mol. The fourth-order valence-electron chi connectivity index (χ4n) is 3.01. The molecule has 0 bridgehead atoms. The Balaban J connectivity index is 1.83. The van der Waals surface area contributed by atoms with Crippen molar-refractivity contribution in [3.8, 4) is 0 Å². The normalized spacial score (nSPS) is 11.1. The van der Waals surface area contributed by atoms with E-state index in [0.717, 1.165) is 27.4 Å². The van der Waals surface area contributed by atoms with Crippen molar-refractivity contribution in [2.24, 2.45) is 0 Å². The highest BCUT2D eigenvalue weighted by Gasteiger charge is 2.10. The molecule has 3 nitrogen and oxygen atoms in total. The average molecular weight is 370 g/mol. The topological polar surface area (TPSA) is 42.2 Å². The van der Waals surface area contributed by atoms with Gasteiger partial charge in [0.05, 0.1) is 0 Å². The third kappa shape index (κ3) is 3.21. The summed E-state index contributed by atoms with van der Waals surface area (Å²) in [6, 6.07) is 18.6. The van der Waals surface area contributed by atoms with E-state index in [1.54, 1.807) is 18.2 Å². The SMILES string of the molecule is O=c1cc(CNc2cc(Cl)cc(Cl)c2)c2c(ccc3ccccc32)o1. The van der Waals surface area contributed by atoms with Gasteiger partial charge in [0.15, 0.2) is 0 Å². The highest BCUT2D eigenvalue weighted by Crippen LogP contribution is 2.28. The van der Waals surface area contributed by atoms with E-state index in [9.17, 15) is 4.79 Å². The minimum absolute atomic E-state index is 0.372. The average Bonchev–Trinajstić information content (AvgIpc) is 2.58. The summed E-state index contributed by atoms with van der Waals surface area (Å²) >= 11 is 12.1. The number of benzene rings is 3. The van der Waals surface area contributed by atoms with Gasteiger partial charge in [-0.3, -0.25) is 0 Å². The number of nitrogens with one attached hydrogen (secondary N) is 1. The van der Waals surface area contributed by atoms with Gasteiger partial charge in [0.1, 0.15) is 5.58 Å². The Hall–Kier alpha value is -2.49. The third-order valence-electron chi connectivity index (χ3n) is 4.06. The molecule has 124 valence electrons. The number of fused-ring (bicyclic) bond motifs is 3. The first-order valence-corrected chi connectivity index (χ1v) is 8.50. The van der Waals surface area contributed by atoms with Crippen molar-refractivity contribution in [1.82, 2.24) is 0 Å². The summed E-state index contributed by atoms with van der Waals surface area (Å²) in [6.45, 7) is 0.451. The van der Waals surface area contributed by atoms with Gasteiger partial charge in [-0.25, -0.2) is 4.79 Å². The first-order valence-electron chi connectivity index (χ1n) is 7.74. The molecule has 1 aromatic heterocycles. The lowest BCUT2D eigenvalue weighted by atomic mass is 10.0. The molecule has 0 aliphatic rings. The van der Waals surface area contributed by atoms with Crippen LogP contribution in [0, 0.1) is 0 Å². The lowest BCUT2D eigenvalue weighted by Crippen LogP contribution is -2.06. The molecule has 5 heteroatoms. The van der Waals surface area contributed by atoms with Crippen LogP contribution in [0.15, 0.2) is 69.9 Å². The second-order valence-electron chi connectivity index (χ2n) is 5.76. The maximum atomic E-state index is 11.9.